The van der Waals surface area contributed by atoms with E-state index >= 15 is 0 Å². The van der Waals surface area contributed by atoms with Gasteiger partial charge in [0.15, 0.2) is 5.13 Å². The number of aromatic nitrogens is 1. The molecule has 8 heteroatoms. The number of carbonyl (C=O) groups excluding carboxylic acids is 1. The van der Waals surface area contributed by atoms with Crippen molar-refractivity contribution in [2.75, 3.05) is 5.32 Å². The van der Waals surface area contributed by atoms with Crippen molar-refractivity contribution in [3.8, 4) is 0 Å². The highest BCUT2D eigenvalue weighted by Crippen LogP contribution is 2.32. The standard InChI is InChI=1S/C11H12N2O4S2/c1-11(2,3)17-10(16)13-9-12-7-5(19-9)4-6(18-7)8(14)15/h4H,1-3H3,(H,14,15)(H,12,13,16). The number of ether oxygens (including phenoxy) is 1. The molecule has 0 bridgehead atoms. The minimum Gasteiger partial charge on any atom is -0.477 e. The Kier molecular flexibility index (Phi) is 3.46. The van der Waals surface area contributed by atoms with Crippen molar-refractivity contribution in [1.82, 2.24) is 4.98 Å². The van der Waals surface area contributed by atoms with Gasteiger partial charge in [0, 0.05) is 0 Å². The molecule has 0 atom stereocenters. The van der Waals surface area contributed by atoms with Crippen LogP contribution in [-0.2, 0) is 4.74 Å². The summed E-state index contributed by atoms with van der Waals surface area (Å²) < 4.78 is 5.83. The monoisotopic (exact) mass is 300 g/mol. The molecule has 0 aliphatic carbocycles. The summed E-state index contributed by atoms with van der Waals surface area (Å²) in [5.74, 6) is -0.975. The van der Waals surface area contributed by atoms with E-state index in [1.54, 1.807) is 26.8 Å². The molecule has 6 nitrogen and oxygen atoms in total. The lowest BCUT2D eigenvalue weighted by Gasteiger charge is -2.18. The average molecular weight is 300 g/mol. The van der Waals surface area contributed by atoms with Crippen molar-refractivity contribution in [3.63, 3.8) is 0 Å². The minimum atomic E-state index is -0.975. The minimum absolute atomic E-state index is 0.234. The zero-order chi connectivity index (χ0) is 14.2. The van der Waals surface area contributed by atoms with Gasteiger partial charge in [0.05, 0.1) is 4.70 Å². The molecule has 1 amide bonds. The SMILES string of the molecule is CC(C)(C)OC(=O)Nc1nc2sc(C(=O)O)cc2s1. The highest BCUT2D eigenvalue weighted by atomic mass is 32.1. The summed E-state index contributed by atoms with van der Waals surface area (Å²) in [6, 6.07) is 1.54. The number of thiophene rings is 1. The van der Waals surface area contributed by atoms with Crippen LogP contribution in [0.25, 0.3) is 9.53 Å². The van der Waals surface area contributed by atoms with Crippen LogP contribution in [0.4, 0.5) is 9.93 Å². The molecule has 2 heterocycles. The molecule has 0 spiro atoms. The fourth-order valence-corrected chi connectivity index (χ4v) is 3.23. The number of amides is 1. The summed E-state index contributed by atoms with van der Waals surface area (Å²) in [5, 5.41) is 11.8. The van der Waals surface area contributed by atoms with Gasteiger partial charge in [-0.25, -0.2) is 14.6 Å². The zero-order valence-corrected chi connectivity index (χ0v) is 12.1. The van der Waals surface area contributed by atoms with Crippen molar-refractivity contribution in [2.45, 2.75) is 26.4 Å². The van der Waals surface area contributed by atoms with E-state index in [0.29, 0.717) is 9.96 Å². The maximum atomic E-state index is 11.5. The van der Waals surface area contributed by atoms with Gasteiger partial charge in [-0.15, -0.1) is 11.3 Å². The van der Waals surface area contributed by atoms with Crippen LogP contribution in [0.1, 0.15) is 30.4 Å². The summed E-state index contributed by atoms with van der Waals surface area (Å²) in [5.41, 5.74) is -0.574. The molecule has 0 radical (unpaired) electrons. The molecular formula is C11H12N2O4S2. The van der Waals surface area contributed by atoms with E-state index in [-0.39, 0.29) is 4.88 Å². The molecule has 0 aromatic carbocycles. The van der Waals surface area contributed by atoms with E-state index in [1.807, 2.05) is 0 Å². The van der Waals surface area contributed by atoms with Gasteiger partial charge in [0.2, 0.25) is 0 Å². The second-order valence-electron chi connectivity index (χ2n) is 4.73. The number of rotatable bonds is 2. The van der Waals surface area contributed by atoms with Crippen molar-refractivity contribution < 1.29 is 19.4 Å². The first kappa shape index (κ1) is 13.8. The maximum Gasteiger partial charge on any atom is 0.413 e. The van der Waals surface area contributed by atoms with Crippen LogP contribution >= 0.6 is 22.7 Å². The van der Waals surface area contributed by atoms with E-state index in [0.717, 1.165) is 16.0 Å². The molecule has 2 aromatic heterocycles. The predicted molar refractivity (Wildman–Crippen MR) is 74.3 cm³/mol. The van der Waals surface area contributed by atoms with Crippen LogP contribution < -0.4 is 5.32 Å². The molecular weight excluding hydrogens is 288 g/mol. The Bertz CT molecular complexity index is 607. The number of thiazole rings is 1. The molecule has 2 aromatic rings. The third kappa shape index (κ3) is 3.42. The number of nitrogens with one attached hydrogen (secondary N) is 1. The van der Waals surface area contributed by atoms with E-state index in [4.69, 9.17) is 9.84 Å². The number of carbonyl (C=O) groups is 2. The van der Waals surface area contributed by atoms with Gasteiger partial charge in [0.1, 0.15) is 15.3 Å². The van der Waals surface area contributed by atoms with Gasteiger partial charge < -0.3 is 9.84 Å². The second kappa shape index (κ2) is 4.78. The Morgan fingerprint density at radius 2 is 2.05 bits per heavy atom. The van der Waals surface area contributed by atoms with E-state index in [1.165, 1.54) is 11.3 Å². The van der Waals surface area contributed by atoms with Crippen LogP contribution in [0.15, 0.2) is 6.07 Å². The molecule has 0 aliphatic rings. The second-order valence-corrected chi connectivity index (χ2v) is 6.79. The lowest BCUT2D eigenvalue weighted by atomic mass is 10.2. The first-order valence-corrected chi connectivity index (χ1v) is 7.01. The molecule has 19 heavy (non-hydrogen) atoms. The number of nitrogens with zero attached hydrogens (tertiary/aromatic N) is 1. The predicted octanol–water partition coefficient (Wildman–Crippen LogP) is 3.40. The molecule has 2 N–H and O–H groups in total. The highest BCUT2D eigenvalue weighted by molar-refractivity contribution is 7.29. The van der Waals surface area contributed by atoms with E-state index in [9.17, 15) is 9.59 Å². The molecule has 0 saturated heterocycles. The van der Waals surface area contributed by atoms with Gasteiger partial charge in [0.25, 0.3) is 0 Å². The van der Waals surface area contributed by atoms with Gasteiger partial charge in [-0.2, -0.15) is 0 Å². The summed E-state index contributed by atoms with van der Waals surface area (Å²) in [6.07, 6.45) is -0.577. The quantitative estimate of drug-likeness (QED) is 0.887. The molecule has 0 unspecified atom stereocenters. The summed E-state index contributed by atoms with van der Waals surface area (Å²) >= 11 is 2.29. The maximum absolute atomic E-state index is 11.5. The number of hydrogen-bond acceptors (Lipinski definition) is 6. The Balaban J connectivity index is 2.12. The fraction of sp³-hybridized carbons (Fsp3) is 0.364. The van der Waals surface area contributed by atoms with Crippen LogP contribution in [0, 0.1) is 0 Å². The van der Waals surface area contributed by atoms with Crippen LogP contribution in [0.2, 0.25) is 0 Å². The first-order valence-electron chi connectivity index (χ1n) is 5.38. The molecule has 0 fully saturated rings. The Morgan fingerprint density at radius 1 is 1.37 bits per heavy atom. The highest BCUT2D eigenvalue weighted by Gasteiger charge is 2.18. The van der Waals surface area contributed by atoms with Gasteiger partial charge in [-0.3, -0.25) is 5.32 Å². The normalized spacial score (nSPS) is 11.5. The largest absolute Gasteiger partial charge is 0.477 e. The van der Waals surface area contributed by atoms with Crippen LogP contribution in [0.3, 0.4) is 0 Å². The molecule has 102 valence electrons. The first-order chi connectivity index (χ1) is 8.74. The summed E-state index contributed by atoms with van der Waals surface area (Å²) in [6.45, 7) is 5.31. The summed E-state index contributed by atoms with van der Waals surface area (Å²) in [7, 11) is 0. The number of hydrogen-bond donors (Lipinski definition) is 2. The van der Waals surface area contributed by atoms with Crippen LogP contribution in [-0.4, -0.2) is 27.8 Å². The summed E-state index contributed by atoms with van der Waals surface area (Å²) in [4.78, 5) is 27.3. The Morgan fingerprint density at radius 3 is 2.58 bits per heavy atom. The van der Waals surface area contributed by atoms with Gasteiger partial charge in [-0.05, 0) is 26.8 Å². The smallest absolute Gasteiger partial charge is 0.413 e. The molecule has 0 aliphatic heterocycles. The molecule has 2 rings (SSSR count). The van der Waals surface area contributed by atoms with Crippen molar-refractivity contribution in [3.05, 3.63) is 10.9 Å². The average Bonchev–Trinajstić information content (AvgIpc) is 2.70. The Hall–Kier alpha value is -1.67. The molecule has 0 saturated carbocycles. The number of aromatic carboxylic acids is 1. The Labute approximate surface area is 117 Å². The fourth-order valence-electron chi connectivity index (χ4n) is 1.28. The number of carboxylic acid groups (broad SMARTS) is 1. The van der Waals surface area contributed by atoms with E-state index in [2.05, 4.69) is 10.3 Å². The number of carboxylic acids is 1. The lowest BCUT2D eigenvalue weighted by molar-refractivity contribution is 0.0634. The van der Waals surface area contributed by atoms with Crippen molar-refractivity contribution in [1.29, 1.82) is 0 Å². The topological polar surface area (TPSA) is 88.5 Å². The van der Waals surface area contributed by atoms with Gasteiger partial charge in [-0.1, -0.05) is 11.3 Å². The van der Waals surface area contributed by atoms with Crippen molar-refractivity contribution >= 4 is 49.4 Å². The third-order valence-corrected chi connectivity index (χ3v) is 3.97. The lowest BCUT2D eigenvalue weighted by Crippen LogP contribution is -2.27. The number of fused-ring (bicyclic) bond motifs is 1. The van der Waals surface area contributed by atoms with Crippen molar-refractivity contribution in [2.24, 2.45) is 0 Å². The zero-order valence-electron chi connectivity index (χ0n) is 10.5. The third-order valence-electron chi connectivity index (χ3n) is 1.91. The van der Waals surface area contributed by atoms with Gasteiger partial charge >= 0.3 is 12.1 Å². The van der Waals surface area contributed by atoms with E-state index < -0.39 is 17.7 Å². The van der Waals surface area contributed by atoms with Crippen LogP contribution in [0.5, 0.6) is 0 Å². The number of anilines is 1.